The van der Waals surface area contributed by atoms with E-state index < -0.39 is 16.1 Å². The Morgan fingerprint density at radius 3 is 2.19 bits per heavy atom. The molecular formula is C20H32N2O3S. The van der Waals surface area contributed by atoms with E-state index in [4.69, 9.17) is 0 Å². The third-order valence-electron chi connectivity index (χ3n) is 4.81. The van der Waals surface area contributed by atoms with E-state index in [2.05, 4.69) is 18.6 Å². The van der Waals surface area contributed by atoms with Gasteiger partial charge < -0.3 is 4.90 Å². The van der Waals surface area contributed by atoms with Gasteiger partial charge in [0, 0.05) is 13.1 Å². The van der Waals surface area contributed by atoms with Crippen LogP contribution in [0.5, 0.6) is 0 Å². The monoisotopic (exact) mass is 380 g/mol. The van der Waals surface area contributed by atoms with E-state index >= 15 is 0 Å². The van der Waals surface area contributed by atoms with Gasteiger partial charge in [0.2, 0.25) is 15.9 Å². The number of likely N-dealkylation sites (tertiary alicyclic amines) is 1. The van der Waals surface area contributed by atoms with Crippen LogP contribution in [0.15, 0.2) is 29.2 Å². The number of hydrogen-bond donors (Lipinski definition) is 1. The molecule has 1 amide bonds. The Morgan fingerprint density at radius 1 is 1.15 bits per heavy atom. The maximum atomic E-state index is 13.1. The largest absolute Gasteiger partial charge is 0.341 e. The summed E-state index contributed by atoms with van der Waals surface area (Å²) in [5.74, 6) is 0.990. The van der Waals surface area contributed by atoms with E-state index in [0.717, 1.165) is 12.0 Å². The van der Waals surface area contributed by atoms with Crippen molar-refractivity contribution in [1.82, 2.24) is 9.62 Å². The van der Waals surface area contributed by atoms with Crippen LogP contribution in [-0.4, -0.2) is 38.4 Å². The number of hydrogen-bond acceptors (Lipinski definition) is 3. The number of piperidine rings is 1. The Kier molecular flexibility index (Phi) is 6.86. The van der Waals surface area contributed by atoms with Gasteiger partial charge in [-0.1, -0.05) is 45.4 Å². The Labute approximate surface area is 158 Å². The molecule has 1 aromatic rings. The van der Waals surface area contributed by atoms with Gasteiger partial charge in [-0.25, -0.2) is 8.42 Å². The molecule has 1 aromatic carbocycles. The summed E-state index contributed by atoms with van der Waals surface area (Å²) in [5, 5.41) is 0. The molecule has 0 aromatic heterocycles. The van der Waals surface area contributed by atoms with E-state index in [-0.39, 0.29) is 16.7 Å². The van der Waals surface area contributed by atoms with Gasteiger partial charge in [0.05, 0.1) is 4.90 Å². The number of nitrogens with zero attached hydrogens (tertiary/aromatic N) is 1. The molecule has 1 aliphatic rings. The first-order chi connectivity index (χ1) is 12.1. The molecule has 2 rings (SSSR count). The predicted molar refractivity (Wildman–Crippen MR) is 104 cm³/mol. The summed E-state index contributed by atoms with van der Waals surface area (Å²) in [4.78, 5) is 15.1. The number of nitrogens with one attached hydrogen (secondary N) is 1. The van der Waals surface area contributed by atoms with Crippen LogP contribution in [0.3, 0.4) is 0 Å². The van der Waals surface area contributed by atoms with Crippen LogP contribution in [0.1, 0.15) is 46.1 Å². The lowest BCUT2D eigenvalue weighted by molar-refractivity contribution is -0.136. The molecule has 1 fully saturated rings. The average Bonchev–Trinajstić information content (AvgIpc) is 2.52. The van der Waals surface area contributed by atoms with Crippen LogP contribution < -0.4 is 4.72 Å². The number of rotatable bonds is 6. The van der Waals surface area contributed by atoms with Crippen LogP contribution in [-0.2, 0) is 14.8 Å². The summed E-state index contributed by atoms with van der Waals surface area (Å²) in [6.45, 7) is 11.6. The minimum absolute atomic E-state index is 0.104. The minimum Gasteiger partial charge on any atom is -0.341 e. The van der Waals surface area contributed by atoms with Gasteiger partial charge in [-0.2, -0.15) is 4.72 Å². The number of carbonyl (C=O) groups is 1. The maximum absolute atomic E-state index is 13.1. The Hall–Kier alpha value is -1.40. The van der Waals surface area contributed by atoms with Crippen LogP contribution in [0.25, 0.3) is 0 Å². The number of benzene rings is 1. The second kappa shape index (κ2) is 8.53. The minimum atomic E-state index is -3.73. The maximum Gasteiger partial charge on any atom is 0.241 e. The summed E-state index contributed by atoms with van der Waals surface area (Å²) in [6, 6.07) is 5.97. The first-order valence-corrected chi connectivity index (χ1v) is 10.9. The fourth-order valence-corrected chi connectivity index (χ4v) is 4.91. The van der Waals surface area contributed by atoms with Crippen LogP contribution in [0.2, 0.25) is 0 Å². The number of carbonyl (C=O) groups excluding carboxylic acids is 1. The van der Waals surface area contributed by atoms with E-state index in [1.165, 1.54) is 0 Å². The Morgan fingerprint density at radius 2 is 1.69 bits per heavy atom. The number of amides is 1. The van der Waals surface area contributed by atoms with Crippen molar-refractivity contribution in [1.29, 1.82) is 0 Å². The van der Waals surface area contributed by atoms with Gasteiger partial charge in [0.15, 0.2) is 0 Å². The summed E-state index contributed by atoms with van der Waals surface area (Å²) in [7, 11) is -3.73. The van der Waals surface area contributed by atoms with Gasteiger partial charge in [0.1, 0.15) is 6.04 Å². The highest BCUT2D eigenvalue weighted by Crippen LogP contribution is 2.23. The summed E-state index contributed by atoms with van der Waals surface area (Å²) >= 11 is 0. The molecule has 1 N–H and O–H groups in total. The molecule has 0 spiro atoms. The predicted octanol–water partition coefficient (Wildman–Crippen LogP) is 3.19. The third-order valence-corrected chi connectivity index (χ3v) is 6.30. The molecule has 3 atom stereocenters. The number of aryl methyl sites for hydroxylation is 1. The van der Waals surface area contributed by atoms with Crippen LogP contribution in [0, 0.1) is 24.7 Å². The molecule has 1 saturated heterocycles. The molecule has 0 bridgehead atoms. The van der Waals surface area contributed by atoms with Gasteiger partial charge >= 0.3 is 0 Å². The van der Waals surface area contributed by atoms with Crippen molar-refractivity contribution in [3.63, 3.8) is 0 Å². The molecule has 26 heavy (non-hydrogen) atoms. The summed E-state index contributed by atoms with van der Waals surface area (Å²) < 4.78 is 28.2. The standard InChI is InChI=1S/C20H32N2O3S/c1-14(2)10-19(20(23)22-12-16(4)11-17(5)13-22)21-26(24,25)18-8-6-15(3)7-9-18/h6-9,14,16-17,19,21H,10-13H2,1-5H3/t16-,17+,19-/m0/s1. The highest BCUT2D eigenvalue weighted by Gasteiger charge is 2.33. The average molecular weight is 381 g/mol. The lowest BCUT2D eigenvalue weighted by Gasteiger charge is -2.37. The van der Waals surface area contributed by atoms with Crippen molar-refractivity contribution in [3.8, 4) is 0 Å². The smallest absolute Gasteiger partial charge is 0.241 e. The fraction of sp³-hybridized carbons (Fsp3) is 0.650. The number of sulfonamides is 1. The molecule has 1 heterocycles. The van der Waals surface area contributed by atoms with Crippen molar-refractivity contribution in [2.24, 2.45) is 17.8 Å². The van der Waals surface area contributed by atoms with Crippen molar-refractivity contribution in [3.05, 3.63) is 29.8 Å². The van der Waals surface area contributed by atoms with Crippen molar-refractivity contribution in [2.45, 2.75) is 58.4 Å². The molecule has 1 aliphatic heterocycles. The zero-order valence-corrected chi connectivity index (χ0v) is 17.3. The van der Waals surface area contributed by atoms with Crippen molar-refractivity contribution < 1.29 is 13.2 Å². The van der Waals surface area contributed by atoms with Gasteiger partial charge in [-0.05, 0) is 49.7 Å². The van der Waals surface area contributed by atoms with Gasteiger partial charge in [-0.3, -0.25) is 4.79 Å². The van der Waals surface area contributed by atoms with E-state index in [1.54, 1.807) is 24.3 Å². The highest BCUT2D eigenvalue weighted by atomic mass is 32.2. The molecule has 5 nitrogen and oxygen atoms in total. The van der Waals surface area contributed by atoms with Crippen molar-refractivity contribution in [2.75, 3.05) is 13.1 Å². The molecule has 0 saturated carbocycles. The van der Waals surface area contributed by atoms with E-state index in [9.17, 15) is 13.2 Å². The zero-order chi connectivity index (χ0) is 19.5. The fourth-order valence-electron chi connectivity index (χ4n) is 3.71. The Bertz CT molecular complexity index is 703. The molecule has 6 heteroatoms. The van der Waals surface area contributed by atoms with E-state index in [0.29, 0.717) is 31.3 Å². The normalized spacial score (nSPS) is 22.5. The van der Waals surface area contributed by atoms with E-state index in [1.807, 2.05) is 25.7 Å². The molecule has 0 unspecified atom stereocenters. The van der Waals surface area contributed by atoms with Gasteiger partial charge in [0.25, 0.3) is 0 Å². The SMILES string of the molecule is Cc1ccc(S(=O)(=O)N[C@@H](CC(C)C)C(=O)N2C[C@H](C)C[C@H](C)C2)cc1. The molecule has 0 aliphatic carbocycles. The first kappa shape index (κ1) is 20.9. The zero-order valence-electron chi connectivity index (χ0n) is 16.5. The van der Waals surface area contributed by atoms with Gasteiger partial charge in [-0.15, -0.1) is 0 Å². The quantitative estimate of drug-likeness (QED) is 0.824. The van der Waals surface area contributed by atoms with Crippen LogP contribution in [0.4, 0.5) is 0 Å². The second-order valence-corrected chi connectivity index (χ2v) is 10.0. The topological polar surface area (TPSA) is 66.5 Å². The summed E-state index contributed by atoms with van der Waals surface area (Å²) in [5.41, 5.74) is 0.995. The van der Waals surface area contributed by atoms with Crippen LogP contribution >= 0.6 is 0 Å². The highest BCUT2D eigenvalue weighted by molar-refractivity contribution is 7.89. The second-order valence-electron chi connectivity index (χ2n) is 8.31. The molecular weight excluding hydrogens is 348 g/mol. The molecule has 146 valence electrons. The van der Waals surface area contributed by atoms with Crippen molar-refractivity contribution >= 4 is 15.9 Å². The first-order valence-electron chi connectivity index (χ1n) is 9.46. The lowest BCUT2D eigenvalue weighted by Crippen LogP contribution is -2.52. The lowest BCUT2D eigenvalue weighted by atomic mass is 9.91. The third kappa shape index (κ3) is 5.55. The Balaban J connectivity index is 2.21. The summed E-state index contributed by atoms with van der Waals surface area (Å²) in [6.07, 6.45) is 1.59. The molecule has 0 radical (unpaired) electrons.